The number of H-pyrrole nitrogens is 1. The SMILES string of the molecule is O[C@]1(c2cn[nH]n2)CCCN(Cc2cn3cccnc3n2)C1. The molecule has 0 amide bonds. The monoisotopic (exact) mass is 299 g/mol. The van der Waals surface area contributed by atoms with Crippen LogP contribution >= 0.6 is 0 Å². The van der Waals surface area contributed by atoms with Gasteiger partial charge in [-0.05, 0) is 25.5 Å². The van der Waals surface area contributed by atoms with Crippen LogP contribution in [0.1, 0.15) is 24.2 Å². The Morgan fingerprint density at radius 1 is 1.41 bits per heavy atom. The minimum atomic E-state index is -0.942. The smallest absolute Gasteiger partial charge is 0.233 e. The molecule has 0 aliphatic carbocycles. The highest BCUT2D eigenvalue weighted by Crippen LogP contribution is 2.30. The zero-order chi connectivity index (χ0) is 15.0. The number of hydrogen-bond donors (Lipinski definition) is 2. The molecule has 0 aromatic carbocycles. The predicted molar refractivity (Wildman–Crippen MR) is 77.8 cm³/mol. The van der Waals surface area contributed by atoms with Crippen LogP contribution in [0.2, 0.25) is 0 Å². The van der Waals surface area contributed by atoms with Crippen molar-refractivity contribution in [3.8, 4) is 0 Å². The molecule has 114 valence electrons. The summed E-state index contributed by atoms with van der Waals surface area (Å²) < 4.78 is 1.91. The van der Waals surface area contributed by atoms with Gasteiger partial charge in [0.05, 0.1) is 11.9 Å². The number of likely N-dealkylation sites (tertiary alicyclic amines) is 1. The molecule has 1 saturated heterocycles. The molecule has 1 atom stereocenters. The molecule has 1 aliphatic heterocycles. The zero-order valence-electron chi connectivity index (χ0n) is 12.1. The molecule has 0 spiro atoms. The van der Waals surface area contributed by atoms with Crippen LogP contribution in [0, 0.1) is 0 Å². The van der Waals surface area contributed by atoms with Crippen LogP contribution in [-0.4, -0.2) is 52.9 Å². The molecule has 8 nitrogen and oxygen atoms in total. The van der Waals surface area contributed by atoms with Gasteiger partial charge in [0.1, 0.15) is 11.3 Å². The van der Waals surface area contributed by atoms with E-state index in [4.69, 9.17) is 0 Å². The van der Waals surface area contributed by atoms with Gasteiger partial charge in [-0.1, -0.05) is 0 Å². The number of nitrogens with zero attached hydrogens (tertiary/aromatic N) is 6. The number of fused-ring (bicyclic) bond motifs is 1. The molecule has 22 heavy (non-hydrogen) atoms. The van der Waals surface area contributed by atoms with E-state index in [0.717, 1.165) is 18.7 Å². The Labute approximate surface area is 126 Å². The third-order valence-electron chi connectivity index (χ3n) is 4.11. The van der Waals surface area contributed by atoms with Crippen LogP contribution in [0.4, 0.5) is 0 Å². The van der Waals surface area contributed by atoms with Crippen molar-refractivity contribution >= 4 is 5.78 Å². The molecule has 1 aliphatic rings. The van der Waals surface area contributed by atoms with Gasteiger partial charge in [-0.2, -0.15) is 15.4 Å². The molecule has 3 aromatic heterocycles. The van der Waals surface area contributed by atoms with E-state index in [-0.39, 0.29) is 0 Å². The van der Waals surface area contributed by atoms with E-state index in [0.29, 0.717) is 31.0 Å². The summed E-state index contributed by atoms with van der Waals surface area (Å²) in [6, 6.07) is 1.88. The summed E-state index contributed by atoms with van der Waals surface area (Å²) in [4.78, 5) is 10.9. The lowest BCUT2D eigenvalue weighted by Gasteiger charge is -2.37. The minimum absolute atomic E-state index is 0.529. The summed E-state index contributed by atoms with van der Waals surface area (Å²) in [7, 11) is 0. The lowest BCUT2D eigenvalue weighted by Crippen LogP contribution is -2.46. The molecule has 0 bridgehead atoms. The topological polar surface area (TPSA) is 95.2 Å². The molecule has 0 unspecified atom stereocenters. The van der Waals surface area contributed by atoms with Crippen LogP contribution in [0.5, 0.6) is 0 Å². The Kier molecular flexibility index (Phi) is 3.12. The van der Waals surface area contributed by atoms with Gasteiger partial charge in [0.2, 0.25) is 5.78 Å². The van der Waals surface area contributed by atoms with E-state index in [1.54, 1.807) is 12.4 Å². The maximum absolute atomic E-state index is 10.8. The second-order valence-corrected chi connectivity index (χ2v) is 5.76. The molecular formula is C14H17N7O. The van der Waals surface area contributed by atoms with Gasteiger partial charge < -0.3 is 5.11 Å². The number of rotatable bonds is 3. The minimum Gasteiger partial charge on any atom is -0.382 e. The molecule has 0 radical (unpaired) electrons. The molecule has 4 rings (SSSR count). The Bertz CT molecular complexity index is 735. The Morgan fingerprint density at radius 2 is 2.36 bits per heavy atom. The van der Waals surface area contributed by atoms with Crippen LogP contribution in [-0.2, 0) is 12.1 Å². The molecule has 8 heteroatoms. The fraction of sp³-hybridized carbons (Fsp3) is 0.429. The standard InChI is InChI=1S/C14H17N7O/c22-14(12-7-16-19-18-12)3-1-5-20(10-14)8-11-9-21-6-2-4-15-13(21)17-11/h2,4,6-7,9,22H,1,3,5,8,10H2,(H,16,18,19)/t14-/m1/s1. The van der Waals surface area contributed by atoms with Gasteiger partial charge >= 0.3 is 0 Å². The van der Waals surface area contributed by atoms with E-state index in [2.05, 4.69) is 30.3 Å². The number of hydrogen-bond acceptors (Lipinski definition) is 6. The predicted octanol–water partition coefficient (Wildman–Crippen LogP) is 0.331. The number of imidazole rings is 1. The van der Waals surface area contributed by atoms with Crippen molar-refractivity contribution in [2.75, 3.05) is 13.1 Å². The van der Waals surface area contributed by atoms with Gasteiger partial charge in [-0.15, -0.1) is 0 Å². The van der Waals surface area contributed by atoms with E-state index in [9.17, 15) is 5.11 Å². The number of aliphatic hydroxyl groups is 1. The van der Waals surface area contributed by atoms with Crippen molar-refractivity contribution in [2.24, 2.45) is 0 Å². The van der Waals surface area contributed by atoms with Crippen molar-refractivity contribution < 1.29 is 5.11 Å². The normalized spacial score (nSPS) is 23.1. The van der Waals surface area contributed by atoms with Gasteiger partial charge in [0, 0.05) is 31.7 Å². The van der Waals surface area contributed by atoms with Crippen LogP contribution in [0.3, 0.4) is 0 Å². The van der Waals surface area contributed by atoms with Gasteiger partial charge in [-0.25, -0.2) is 9.97 Å². The summed E-state index contributed by atoms with van der Waals surface area (Å²) in [5, 5.41) is 21.2. The largest absolute Gasteiger partial charge is 0.382 e. The van der Waals surface area contributed by atoms with Crippen LogP contribution in [0.25, 0.3) is 5.78 Å². The van der Waals surface area contributed by atoms with Crippen LogP contribution in [0.15, 0.2) is 30.9 Å². The number of aromatic nitrogens is 6. The summed E-state index contributed by atoms with van der Waals surface area (Å²) in [5.41, 5.74) is 0.611. The Balaban J connectivity index is 1.53. The molecule has 4 heterocycles. The molecule has 1 fully saturated rings. The summed E-state index contributed by atoms with van der Waals surface area (Å²) >= 11 is 0. The second kappa shape index (κ2) is 5.15. The highest BCUT2D eigenvalue weighted by molar-refractivity contribution is 5.29. The van der Waals surface area contributed by atoms with Crippen LogP contribution < -0.4 is 0 Å². The zero-order valence-corrected chi connectivity index (χ0v) is 12.1. The highest BCUT2D eigenvalue weighted by Gasteiger charge is 2.37. The lowest BCUT2D eigenvalue weighted by molar-refractivity contribution is -0.0416. The molecule has 3 aromatic rings. The quantitative estimate of drug-likeness (QED) is 0.724. The lowest BCUT2D eigenvalue weighted by atomic mass is 9.90. The number of β-amino-alcohol motifs (C(OH)–C–C–N with tert-alkyl or cyclic N) is 1. The first-order chi connectivity index (χ1) is 10.7. The number of piperidine rings is 1. The summed E-state index contributed by atoms with van der Waals surface area (Å²) in [6.07, 6.45) is 8.85. The van der Waals surface area contributed by atoms with E-state index in [1.165, 1.54) is 0 Å². The maximum Gasteiger partial charge on any atom is 0.233 e. The van der Waals surface area contributed by atoms with E-state index >= 15 is 0 Å². The molecule has 2 N–H and O–H groups in total. The third kappa shape index (κ3) is 2.36. The summed E-state index contributed by atoms with van der Waals surface area (Å²) in [6.45, 7) is 2.14. The first-order valence-corrected chi connectivity index (χ1v) is 7.33. The van der Waals surface area contributed by atoms with E-state index in [1.807, 2.05) is 22.9 Å². The van der Waals surface area contributed by atoms with Crippen molar-refractivity contribution in [1.29, 1.82) is 0 Å². The summed E-state index contributed by atoms with van der Waals surface area (Å²) in [5.74, 6) is 0.696. The van der Waals surface area contributed by atoms with Crippen molar-refractivity contribution in [3.63, 3.8) is 0 Å². The molecule has 0 saturated carbocycles. The van der Waals surface area contributed by atoms with Gasteiger partial charge in [-0.3, -0.25) is 9.30 Å². The Hall–Kier alpha value is -2.32. The first-order valence-electron chi connectivity index (χ1n) is 7.33. The Morgan fingerprint density at radius 3 is 3.18 bits per heavy atom. The second-order valence-electron chi connectivity index (χ2n) is 5.76. The maximum atomic E-state index is 10.8. The molecular weight excluding hydrogens is 282 g/mol. The fourth-order valence-electron chi connectivity index (χ4n) is 3.08. The van der Waals surface area contributed by atoms with Crippen molar-refractivity contribution in [3.05, 3.63) is 42.2 Å². The third-order valence-corrected chi connectivity index (χ3v) is 4.11. The first kappa shape index (κ1) is 13.4. The van der Waals surface area contributed by atoms with Gasteiger partial charge in [0.15, 0.2) is 0 Å². The average Bonchev–Trinajstić information content (AvgIpc) is 3.16. The van der Waals surface area contributed by atoms with Gasteiger partial charge in [0.25, 0.3) is 0 Å². The fourth-order valence-corrected chi connectivity index (χ4v) is 3.08. The number of aromatic amines is 1. The highest BCUT2D eigenvalue weighted by atomic mass is 16.3. The van der Waals surface area contributed by atoms with Crippen molar-refractivity contribution in [2.45, 2.75) is 25.0 Å². The average molecular weight is 299 g/mol. The van der Waals surface area contributed by atoms with Crippen molar-refractivity contribution in [1.82, 2.24) is 34.7 Å². The van der Waals surface area contributed by atoms with E-state index < -0.39 is 5.60 Å². The number of nitrogens with one attached hydrogen (secondary N) is 1.